The summed E-state index contributed by atoms with van der Waals surface area (Å²) in [5.41, 5.74) is 10.1. The number of rotatable bonds is 2. The first kappa shape index (κ1) is 20.6. The van der Waals surface area contributed by atoms with E-state index in [9.17, 15) is 0 Å². The average Bonchev–Trinajstić information content (AvgIpc) is 2.60. The van der Waals surface area contributed by atoms with E-state index in [1.165, 1.54) is 33.4 Å². The lowest BCUT2D eigenvalue weighted by atomic mass is 10.00. The van der Waals surface area contributed by atoms with Gasteiger partial charge >= 0.3 is 0 Å². The van der Waals surface area contributed by atoms with Gasteiger partial charge in [0, 0.05) is 12.6 Å². The molecule has 0 atom stereocenters. The van der Waals surface area contributed by atoms with E-state index in [0.29, 0.717) is 0 Å². The second-order valence-electron chi connectivity index (χ2n) is 7.17. The molecule has 2 aromatic carbocycles. The first-order valence-electron chi connectivity index (χ1n) is 9.38. The molecule has 3 rings (SSSR count). The summed E-state index contributed by atoms with van der Waals surface area (Å²) >= 11 is 0. The molecule has 0 saturated heterocycles. The van der Waals surface area contributed by atoms with Crippen LogP contribution in [0.5, 0.6) is 0 Å². The van der Waals surface area contributed by atoms with Crippen molar-refractivity contribution >= 4 is 5.82 Å². The largest absolute Gasteiger partial charge is 0.373 e. The van der Waals surface area contributed by atoms with Crippen molar-refractivity contribution in [3.8, 4) is 11.1 Å². The Morgan fingerprint density at radius 1 is 0.741 bits per heavy atom. The van der Waals surface area contributed by atoms with Crippen LogP contribution in [-0.2, 0) is 0 Å². The predicted molar refractivity (Wildman–Crippen MR) is 117 cm³/mol. The fraction of sp³-hybridized carbons (Fsp3) is 0.333. The lowest BCUT2D eigenvalue weighted by molar-refractivity contribution is 1.01. The van der Waals surface area contributed by atoms with Crippen LogP contribution in [-0.4, -0.2) is 17.0 Å². The molecule has 0 aliphatic carbocycles. The Hall–Kier alpha value is -2.68. The van der Waals surface area contributed by atoms with Crippen LogP contribution in [0.2, 0.25) is 0 Å². The van der Waals surface area contributed by atoms with Crippen molar-refractivity contribution in [1.82, 2.24) is 9.97 Å². The van der Waals surface area contributed by atoms with E-state index in [2.05, 4.69) is 74.2 Å². The molecule has 1 heterocycles. The molecule has 3 heteroatoms. The van der Waals surface area contributed by atoms with Gasteiger partial charge in [0.1, 0.15) is 11.6 Å². The van der Waals surface area contributed by atoms with E-state index in [1.807, 2.05) is 33.0 Å². The highest BCUT2D eigenvalue weighted by molar-refractivity contribution is 5.79. The number of benzene rings is 2. The molecule has 27 heavy (non-hydrogen) atoms. The first-order valence-corrected chi connectivity index (χ1v) is 9.38. The summed E-state index contributed by atoms with van der Waals surface area (Å²) in [6.07, 6.45) is 0. The highest BCUT2D eigenvalue weighted by Crippen LogP contribution is 2.31. The molecule has 142 valence electrons. The fourth-order valence-corrected chi connectivity index (χ4v) is 3.32. The zero-order valence-electron chi connectivity index (χ0n) is 17.9. The molecule has 1 aromatic heterocycles. The van der Waals surface area contributed by atoms with Crippen LogP contribution in [0.15, 0.2) is 36.4 Å². The van der Waals surface area contributed by atoms with Gasteiger partial charge in [0.25, 0.3) is 0 Å². The fourth-order valence-electron chi connectivity index (χ4n) is 3.32. The number of aryl methyl sites for hydroxylation is 6. The number of nitrogens with zero attached hydrogens (tertiary/aromatic N) is 2. The molecule has 0 radical (unpaired) electrons. The Morgan fingerprint density at radius 3 is 1.89 bits per heavy atom. The van der Waals surface area contributed by atoms with Crippen LogP contribution >= 0.6 is 0 Å². The van der Waals surface area contributed by atoms with Crippen LogP contribution in [0.25, 0.3) is 11.1 Å². The van der Waals surface area contributed by atoms with Crippen LogP contribution in [0.3, 0.4) is 0 Å². The molecule has 1 N–H and O–H groups in total. The van der Waals surface area contributed by atoms with Gasteiger partial charge in [-0.1, -0.05) is 42.0 Å². The Balaban J connectivity index is 0.000000223. The van der Waals surface area contributed by atoms with Crippen molar-refractivity contribution < 1.29 is 0 Å². The van der Waals surface area contributed by atoms with E-state index >= 15 is 0 Å². The lowest BCUT2D eigenvalue weighted by Gasteiger charge is -2.13. The zero-order valence-corrected chi connectivity index (χ0v) is 17.9. The molecule has 0 spiro atoms. The molecule has 0 fully saturated rings. The van der Waals surface area contributed by atoms with Crippen molar-refractivity contribution in [3.63, 3.8) is 0 Å². The van der Waals surface area contributed by atoms with Gasteiger partial charge in [0.05, 0.1) is 5.69 Å². The molecular formula is C24H31N3. The van der Waals surface area contributed by atoms with Crippen molar-refractivity contribution in [2.45, 2.75) is 48.5 Å². The summed E-state index contributed by atoms with van der Waals surface area (Å²) in [4.78, 5) is 8.90. The molecule has 0 aliphatic rings. The van der Waals surface area contributed by atoms with Gasteiger partial charge in [0.2, 0.25) is 0 Å². The minimum atomic E-state index is 0.796. The van der Waals surface area contributed by atoms with Crippen molar-refractivity contribution in [2.75, 3.05) is 12.4 Å². The van der Waals surface area contributed by atoms with E-state index < -0.39 is 0 Å². The van der Waals surface area contributed by atoms with Gasteiger partial charge in [-0.15, -0.1) is 0 Å². The van der Waals surface area contributed by atoms with Crippen LogP contribution in [0.4, 0.5) is 5.82 Å². The summed E-state index contributed by atoms with van der Waals surface area (Å²) in [6.45, 7) is 14.7. The van der Waals surface area contributed by atoms with Gasteiger partial charge in [-0.3, -0.25) is 0 Å². The number of anilines is 1. The number of aromatic nitrogens is 2. The van der Waals surface area contributed by atoms with E-state index in [4.69, 9.17) is 0 Å². The summed E-state index contributed by atoms with van der Waals surface area (Å²) in [5, 5.41) is 3.15. The minimum Gasteiger partial charge on any atom is -0.373 e. The van der Waals surface area contributed by atoms with Crippen molar-refractivity contribution in [2.24, 2.45) is 0 Å². The SMILES string of the molecule is CNc1nc(C)nc(C)c1-c1ccccc1C.Cc1cc(C)c(C)c(C)c1. The summed E-state index contributed by atoms with van der Waals surface area (Å²) in [6, 6.07) is 12.7. The molecule has 0 amide bonds. The smallest absolute Gasteiger partial charge is 0.137 e. The average molecular weight is 362 g/mol. The third kappa shape index (κ3) is 4.94. The van der Waals surface area contributed by atoms with Crippen LogP contribution in [0, 0.1) is 48.5 Å². The maximum Gasteiger partial charge on any atom is 0.137 e. The Morgan fingerprint density at radius 2 is 1.33 bits per heavy atom. The molecule has 0 unspecified atom stereocenters. The Labute approximate surface area is 163 Å². The summed E-state index contributed by atoms with van der Waals surface area (Å²) in [5.74, 6) is 1.69. The number of nitrogens with one attached hydrogen (secondary N) is 1. The van der Waals surface area contributed by atoms with Crippen LogP contribution in [0.1, 0.15) is 39.3 Å². The lowest BCUT2D eigenvalue weighted by Crippen LogP contribution is -2.03. The molecule has 0 bridgehead atoms. The second-order valence-corrected chi connectivity index (χ2v) is 7.17. The molecular weight excluding hydrogens is 330 g/mol. The molecule has 3 aromatic rings. The molecule has 3 nitrogen and oxygen atoms in total. The van der Waals surface area contributed by atoms with Gasteiger partial charge in [-0.2, -0.15) is 0 Å². The number of hydrogen-bond acceptors (Lipinski definition) is 3. The van der Waals surface area contributed by atoms with Gasteiger partial charge in [-0.05, 0) is 76.3 Å². The highest BCUT2D eigenvalue weighted by Gasteiger charge is 2.12. The topological polar surface area (TPSA) is 37.8 Å². The van der Waals surface area contributed by atoms with E-state index in [1.54, 1.807) is 0 Å². The maximum absolute atomic E-state index is 4.45. The van der Waals surface area contributed by atoms with Gasteiger partial charge < -0.3 is 5.32 Å². The van der Waals surface area contributed by atoms with Crippen LogP contribution < -0.4 is 5.32 Å². The first-order chi connectivity index (χ1) is 12.7. The normalized spacial score (nSPS) is 10.2. The second kappa shape index (κ2) is 8.81. The highest BCUT2D eigenvalue weighted by atomic mass is 15.0. The quantitative estimate of drug-likeness (QED) is 0.605. The van der Waals surface area contributed by atoms with Crippen molar-refractivity contribution in [3.05, 3.63) is 75.7 Å². The summed E-state index contributed by atoms with van der Waals surface area (Å²) in [7, 11) is 1.89. The van der Waals surface area contributed by atoms with E-state index in [-0.39, 0.29) is 0 Å². The Bertz CT molecular complexity index is 919. The van der Waals surface area contributed by atoms with Gasteiger partial charge in [0.15, 0.2) is 0 Å². The van der Waals surface area contributed by atoms with E-state index in [0.717, 1.165) is 22.9 Å². The molecule has 0 saturated carbocycles. The standard InChI is InChI=1S/C14H17N3.C10H14/c1-9-7-5-6-8-12(9)13-10(2)16-11(3)17-14(13)15-4;1-7-5-8(2)10(4)9(3)6-7/h5-8H,1-4H3,(H,15,16,17);5-6H,1-4H3. The maximum atomic E-state index is 4.45. The van der Waals surface area contributed by atoms with Crippen molar-refractivity contribution in [1.29, 1.82) is 0 Å². The summed E-state index contributed by atoms with van der Waals surface area (Å²) < 4.78 is 0. The minimum absolute atomic E-state index is 0.796. The zero-order chi connectivity index (χ0) is 20.1. The third-order valence-corrected chi connectivity index (χ3v) is 4.92. The monoisotopic (exact) mass is 361 g/mol. The predicted octanol–water partition coefficient (Wildman–Crippen LogP) is 6.03. The van der Waals surface area contributed by atoms with Gasteiger partial charge in [-0.25, -0.2) is 9.97 Å². The third-order valence-electron chi connectivity index (χ3n) is 4.92. The number of hydrogen-bond donors (Lipinski definition) is 1. The molecule has 0 aliphatic heterocycles. The Kier molecular flexibility index (Phi) is 6.73.